The third kappa shape index (κ3) is 3.96. The highest BCUT2D eigenvalue weighted by Gasteiger charge is 2.40. The van der Waals surface area contributed by atoms with Crippen molar-refractivity contribution in [3.8, 4) is 0 Å². The molecule has 0 spiro atoms. The van der Waals surface area contributed by atoms with E-state index < -0.39 is 22.3 Å². The van der Waals surface area contributed by atoms with Crippen LogP contribution in [0.4, 0.5) is 10.1 Å². The van der Waals surface area contributed by atoms with Crippen molar-refractivity contribution in [2.45, 2.75) is 19.1 Å². The molecule has 1 heterocycles. The Morgan fingerprint density at radius 2 is 2.19 bits per heavy atom. The lowest BCUT2D eigenvalue weighted by atomic mass is 9.95. The molecule has 1 N–H and O–H groups in total. The first-order valence-corrected chi connectivity index (χ1v) is 6.29. The lowest BCUT2D eigenvalue weighted by Crippen LogP contribution is -2.61. The van der Waals surface area contributed by atoms with Crippen molar-refractivity contribution < 1.29 is 24.0 Å². The number of aliphatic carboxylic acids is 1. The Labute approximate surface area is 120 Å². The van der Waals surface area contributed by atoms with E-state index in [-0.39, 0.29) is 12.3 Å². The Balaban J connectivity index is 1.93. The number of carbonyl (C=O) groups is 1. The van der Waals surface area contributed by atoms with Crippen molar-refractivity contribution in [2.75, 3.05) is 19.7 Å². The van der Waals surface area contributed by atoms with Gasteiger partial charge in [-0.3, -0.25) is 15.0 Å². The zero-order valence-corrected chi connectivity index (χ0v) is 11.4. The van der Waals surface area contributed by atoms with Crippen molar-refractivity contribution in [2.24, 2.45) is 0 Å². The van der Waals surface area contributed by atoms with Gasteiger partial charge >= 0.3 is 5.97 Å². The van der Waals surface area contributed by atoms with Crippen molar-refractivity contribution in [1.82, 2.24) is 4.90 Å². The van der Waals surface area contributed by atoms with Crippen LogP contribution >= 0.6 is 0 Å². The molecular weight excluding hydrogens is 283 g/mol. The Hall–Kier alpha value is -2.06. The van der Waals surface area contributed by atoms with Crippen LogP contribution in [0, 0.1) is 15.9 Å². The van der Waals surface area contributed by atoms with Gasteiger partial charge in [-0.2, -0.15) is 0 Å². The van der Waals surface area contributed by atoms with Crippen LogP contribution in [0.25, 0.3) is 0 Å². The fourth-order valence-electron chi connectivity index (χ4n) is 2.43. The van der Waals surface area contributed by atoms with Gasteiger partial charge in [0.15, 0.2) is 0 Å². The van der Waals surface area contributed by atoms with Crippen molar-refractivity contribution in [1.29, 1.82) is 0 Å². The van der Waals surface area contributed by atoms with Crippen LogP contribution in [0.5, 0.6) is 0 Å². The fraction of sp³-hybridized carbons (Fsp3) is 0.462. The number of ether oxygens (including phenoxy) is 1. The molecule has 1 fully saturated rings. The summed E-state index contributed by atoms with van der Waals surface area (Å²) in [6.45, 7) is 2.76. The number of nitro groups is 1. The van der Waals surface area contributed by atoms with E-state index in [4.69, 9.17) is 9.84 Å². The van der Waals surface area contributed by atoms with Gasteiger partial charge in [-0.05, 0) is 18.6 Å². The lowest BCUT2D eigenvalue weighted by molar-refractivity contribution is -0.385. The largest absolute Gasteiger partial charge is 0.480 e. The summed E-state index contributed by atoms with van der Waals surface area (Å²) < 4.78 is 18.6. The van der Waals surface area contributed by atoms with Crippen LogP contribution in [0.1, 0.15) is 12.5 Å². The highest BCUT2D eigenvalue weighted by atomic mass is 19.1. The number of carboxylic acids is 1. The van der Waals surface area contributed by atoms with Gasteiger partial charge in [0.05, 0.1) is 16.6 Å². The molecule has 0 saturated carbocycles. The minimum atomic E-state index is -1.03. The van der Waals surface area contributed by atoms with E-state index in [1.54, 1.807) is 6.92 Å². The number of non-ortho nitro benzene ring substituents is 1. The van der Waals surface area contributed by atoms with Gasteiger partial charge in [-0.25, -0.2) is 9.18 Å². The summed E-state index contributed by atoms with van der Waals surface area (Å²) in [6, 6.07) is 3.46. The SMILES string of the molecule is CC1(OCC(=O)O)CN(Cc2cc(F)cc([N+](=O)[O-])c2)C1. The van der Waals surface area contributed by atoms with Crippen molar-refractivity contribution in [3.63, 3.8) is 0 Å². The third-order valence-corrected chi connectivity index (χ3v) is 3.22. The third-order valence-electron chi connectivity index (χ3n) is 3.22. The molecule has 0 amide bonds. The first-order chi connectivity index (χ1) is 9.77. The van der Waals surface area contributed by atoms with Gasteiger partial charge in [0.2, 0.25) is 0 Å². The van der Waals surface area contributed by atoms with Gasteiger partial charge in [-0.1, -0.05) is 0 Å². The molecule has 1 aromatic rings. The first-order valence-electron chi connectivity index (χ1n) is 6.29. The van der Waals surface area contributed by atoms with Gasteiger partial charge in [0, 0.05) is 25.7 Å². The van der Waals surface area contributed by atoms with Crippen LogP contribution in [-0.2, 0) is 16.1 Å². The van der Waals surface area contributed by atoms with Crippen molar-refractivity contribution >= 4 is 11.7 Å². The lowest BCUT2D eigenvalue weighted by Gasteiger charge is -2.47. The van der Waals surface area contributed by atoms with E-state index in [1.807, 2.05) is 4.90 Å². The summed E-state index contributed by atoms with van der Waals surface area (Å²) in [6.07, 6.45) is 0. The molecule has 8 heteroatoms. The predicted molar refractivity (Wildman–Crippen MR) is 70.3 cm³/mol. The summed E-state index contributed by atoms with van der Waals surface area (Å²) >= 11 is 0. The first kappa shape index (κ1) is 15.3. The highest BCUT2D eigenvalue weighted by molar-refractivity contribution is 5.68. The second kappa shape index (κ2) is 5.74. The second-order valence-electron chi connectivity index (χ2n) is 5.35. The molecule has 0 bridgehead atoms. The number of nitro benzene ring substituents is 1. The van der Waals surface area contributed by atoms with Gasteiger partial charge in [0.1, 0.15) is 12.4 Å². The molecule has 1 aliphatic heterocycles. The number of hydrogen-bond donors (Lipinski definition) is 1. The average molecular weight is 298 g/mol. The van der Waals surface area contributed by atoms with Crippen LogP contribution in [0.2, 0.25) is 0 Å². The molecular formula is C13H15FN2O5. The monoisotopic (exact) mass is 298 g/mol. The van der Waals surface area contributed by atoms with E-state index in [1.165, 1.54) is 12.1 Å². The zero-order valence-electron chi connectivity index (χ0n) is 11.4. The van der Waals surface area contributed by atoms with E-state index in [0.717, 1.165) is 6.07 Å². The Morgan fingerprint density at radius 3 is 2.76 bits per heavy atom. The Kier molecular flexibility index (Phi) is 4.19. The van der Waals surface area contributed by atoms with Gasteiger partial charge < -0.3 is 9.84 Å². The summed E-state index contributed by atoms with van der Waals surface area (Å²) in [5.74, 6) is -1.68. The van der Waals surface area contributed by atoms with Gasteiger partial charge in [-0.15, -0.1) is 0 Å². The Morgan fingerprint density at radius 1 is 1.52 bits per heavy atom. The summed E-state index contributed by atoms with van der Waals surface area (Å²) in [5, 5.41) is 19.2. The maximum atomic E-state index is 13.3. The standard InChI is InChI=1S/C13H15FN2O5/c1-13(21-6-12(17)18)7-15(8-13)5-9-2-10(14)4-11(3-9)16(19)20/h2-4H,5-8H2,1H3,(H,17,18). The topological polar surface area (TPSA) is 92.9 Å². The van der Waals surface area contributed by atoms with Crippen LogP contribution in [-0.4, -0.2) is 46.2 Å². The number of carboxylic acid groups (broad SMARTS) is 1. The van der Waals surface area contributed by atoms with E-state index in [0.29, 0.717) is 25.2 Å². The molecule has 0 atom stereocenters. The maximum absolute atomic E-state index is 13.3. The molecule has 0 aliphatic carbocycles. The number of rotatable bonds is 6. The normalized spacial score (nSPS) is 17.2. The molecule has 0 radical (unpaired) electrons. The summed E-state index contributed by atoms with van der Waals surface area (Å²) in [7, 11) is 0. The number of halogens is 1. The second-order valence-corrected chi connectivity index (χ2v) is 5.35. The number of likely N-dealkylation sites (tertiary alicyclic amines) is 1. The Bertz CT molecular complexity index is 572. The van der Waals surface area contributed by atoms with Gasteiger partial charge in [0.25, 0.3) is 5.69 Å². The number of nitrogens with zero attached hydrogens (tertiary/aromatic N) is 2. The molecule has 1 saturated heterocycles. The molecule has 114 valence electrons. The van der Waals surface area contributed by atoms with Crippen LogP contribution < -0.4 is 0 Å². The average Bonchev–Trinajstić information content (AvgIpc) is 2.33. The summed E-state index contributed by atoms with van der Waals surface area (Å²) in [4.78, 5) is 22.4. The van der Waals surface area contributed by atoms with E-state index in [2.05, 4.69) is 0 Å². The van der Waals surface area contributed by atoms with Crippen molar-refractivity contribution in [3.05, 3.63) is 39.7 Å². The van der Waals surface area contributed by atoms with Crippen LogP contribution in [0.3, 0.4) is 0 Å². The minimum Gasteiger partial charge on any atom is -0.480 e. The molecule has 0 aromatic heterocycles. The highest BCUT2D eigenvalue weighted by Crippen LogP contribution is 2.27. The minimum absolute atomic E-state index is 0.282. The van der Waals surface area contributed by atoms with Crippen LogP contribution in [0.15, 0.2) is 18.2 Å². The maximum Gasteiger partial charge on any atom is 0.329 e. The zero-order chi connectivity index (χ0) is 15.6. The predicted octanol–water partition coefficient (Wildman–Crippen LogP) is 1.41. The molecule has 1 aromatic carbocycles. The van der Waals surface area contributed by atoms with E-state index >= 15 is 0 Å². The molecule has 1 aliphatic rings. The quantitative estimate of drug-likeness (QED) is 0.630. The molecule has 2 rings (SSSR count). The summed E-state index contributed by atoms with van der Waals surface area (Å²) in [5.41, 5.74) is -0.324. The smallest absolute Gasteiger partial charge is 0.329 e. The molecule has 0 unspecified atom stereocenters. The molecule has 7 nitrogen and oxygen atoms in total. The van der Waals surface area contributed by atoms with E-state index in [9.17, 15) is 19.3 Å². The number of hydrogen-bond acceptors (Lipinski definition) is 5. The fourth-order valence-corrected chi connectivity index (χ4v) is 2.43. The number of benzene rings is 1. The molecule has 21 heavy (non-hydrogen) atoms.